The van der Waals surface area contributed by atoms with Gasteiger partial charge in [-0.15, -0.1) is 0 Å². The molecule has 3 aromatic rings. The lowest BCUT2D eigenvalue weighted by Crippen LogP contribution is -1.95. The van der Waals surface area contributed by atoms with Crippen LogP contribution in [0.25, 0.3) is 11.0 Å². The van der Waals surface area contributed by atoms with Gasteiger partial charge in [-0.3, -0.25) is 14.8 Å². The lowest BCUT2D eigenvalue weighted by atomic mass is 10.2. The Morgan fingerprint density at radius 2 is 2.20 bits per heavy atom. The zero-order valence-electron chi connectivity index (χ0n) is 10.5. The van der Waals surface area contributed by atoms with Crippen LogP contribution in [0.4, 0.5) is 17.1 Å². The fraction of sp³-hybridized carbons (Fsp3) is 0.182. The first-order valence-electron chi connectivity index (χ1n) is 5.88. The van der Waals surface area contributed by atoms with Gasteiger partial charge in [0, 0.05) is 18.8 Å². The molecule has 0 fully saturated rings. The van der Waals surface area contributed by atoms with E-state index in [1.54, 1.807) is 16.9 Å². The maximum absolute atomic E-state index is 10.9. The smallest absolute Gasteiger partial charge is 0.300 e. The van der Waals surface area contributed by atoms with E-state index in [-0.39, 0.29) is 11.2 Å². The number of aromatic nitrogens is 4. The van der Waals surface area contributed by atoms with Crippen molar-refractivity contribution >= 4 is 28.1 Å². The summed E-state index contributed by atoms with van der Waals surface area (Å²) in [6, 6.07) is 2.92. The molecule has 1 aromatic carbocycles. The summed E-state index contributed by atoms with van der Waals surface area (Å²) in [5.74, 6) is 0. The molecule has 0 aliphatic carbocycles. The zero-order valence-corrected chi connectivity index (χ0v) is 10.5. The highest BCUT2D eigenvalue weighted by Gasteiger charge is 2.19. The molecule has 1 N–H and O–H groups in total. The van der Waals surface area contributed by atoms with E-state index in [9.17, 15) is 10.1 Å². The Balaban J connectivity index is 2.02. The van der Waals surface area contributed by atoms with E-state index in [4.69, 9.17) is 0 Å². The topological polar surface area (TPSA) is 112 Å². The quantitative estimate of drug-likeness (QED) is 0.572. The largest absolute Gasteiger partial charge is 0.351 e. The van der Waals surface area contributed by atoms with Crippen LogP contribution in [0.5, 0.6) is 0 Å². The van der Waals surface area contributed by atoms with Crippen molar-refractivity contribution in [2.24, 2.45) is 0 Å². The van der Waals surface area contributed by atoms with Crippen molar-refractivity contribution in [3.8, 4) is 0 Å². The van der Waals surface area contributed by atoms with Gasteiger partial charge >= 0.3 is 5.69 Å². The first-order valence-corrected chi connectivity index (χ1v) is 5.88. The zero-order chi connectivity index (χ0) is 14.1. The molecular weight excluding hydrogens is 264 g/mol. The lowest BCUT2D eigenvalue weighted by Gasteiger charge is -2.03. The Bertz CT molecular complexity index is 777. The number of nitro benzene ring substituents is 1. The van der Waals surface area contributed by atoms with Crippen LogP contribution < -0.4 is 5.32 Å². The second-order valence-electron chi connectivity index (χ2n) is 4.06. The van der Waals surface area contributed by atoms with Crippen molar-refractivity contribution in [1.29, 1.82) is 0 Å². The molecule has 0 aliphatic heterocycles. The number of benzene rings is 1. The van der Waals surface area contributed by atoms with E-state index in [2.05, 4.69) is 25.4 Å². The molecule has 2 heterocycles. The summed E-state index contributed by atoms with van der Waals surface area (Å²) in [7, 11) is 0. The fourth-order valence-electron chi connectivity index (χ4n) is 1.86. The molecule has 0 atom stereocenters. The van der Waals surface area contributed by atoms with Crippen LogP contribution in [0.15, 0.2) is 29.2 Å². The molecule has 0 aliphatic rings. The summed E-state index contributed by atoms with van der Waals surface area (Å²) >= 11 is 0. The summed E-state index contributed by atoms with van der Waals surface area (Å²) < 4.78 is 6.35. The van der Waals surface area contributed by atoms with E-state index in [0.29, 0.717) is 11.2 Å². The van der Waals surface area contributed by atoms with Gasteiger partial charge in [0.2, 0.25) is 5.52 Å². The number of fused-ring (bicyclic) bond motifs is 1. The number of non-ortho nitro benzene ring substituents is 1. The fourth-order valence-corrected chi connectivity index (χ4v) is 1.86. The van der Waals surface area contributed by atoms with Crippen LogP contribution >= 0.6 is 0 Å². The second-order valence-corrected chi connectivity index (χ2v) is 4.06. The molecule has 9 nitrogen and oxygen atoms in total. The Hall–Kier alpha value is -2.97. The summed E-state index contributed by atoms with van der Waals surface area (Å²) in [6.45, 7) is 2.73. The van der Waals surface area contributed by atoms with Crippen molar-refractivity contribution < 1.29 is 9.55 Å². The molecule has 0 spiro atoms. The molecule has 0 amide bonds. The number of nitrogens with one attached hydrogen (secondary N) is 1. The number of hydrogen-bond acceptors (Lipinski definition) is 7. The van der Waals surface area contributed by atoms with Crippen molar-refractivity contribution in [3.05, 3.63) is 34.6 Å². The molecule has 0 saturated heterocycles. The molecule has 0 radical (unpaired) electrons. The molecule has 3 rings (SSSR count). The van der Waals surface area contributed by atoms with Crippen LogP contribution in [-0.2, 0) is 6.54 Å². The molecule has 102 valence electrons. The molecule has 0 saturated carbocycles. The van der Waals surface area contributed by atoms with Crippen molar-refractivity contribution in [2.45, 2.75) is 13.5 Å². The van der Waals surface area contributed by atoms with Crippen molar-refractivity contribution in [2.75, 3.05) is 5.32 Å². The minimum atomic E-state index is -0.522. The molecule has 20 heavy (non-hydrogen) atoms. The monoisotopic (exact) mass is 274 g/mol. The predicted molar refractivity (Wildman–Crippen MR) is 69.6 cm³/mol. The van der Waals surface area contributed by atoms with Crippen LogP contribution in [0.3, 0.4) is 0 Å². The Labute approximate surface area is 112 Å². The predicted octanol–water partition coefficient (Wildman–Crippen LogP) is 2.09. The SMILES string of the molecule is CCn1cc(Nc2ccc([N+](=O)[O-])c3nonc23)cn1. The third-order valence-electron chi connectivity index (χ3n) is 2.83. The molecular formula is C11H10N6O3. The van der Waals surface area contributed by atoms with Gasteiger partial charge in [-0.1, -0.05) is 0 Å². The highest BCUT2D eigenvalue weighted by Crippen LogP contribution is 2.30. The number of hydrogen-bond donors (Lipinski definition) is 1. The molecule has 0 unspecified atom stereocenters. The highest BCUT2D eigenvalue weighted by molar-refractivity contribution is 5.94. The Kier molecular flexibility index (Phi) is 2.78. The summed E-state index contributed by atoms with van der Waals surface area (Å²) in [4.78, 5) is 10.4. The van der Waals surface area contributed by atoms with Crippen LogP contribution in [0.1, 0.15) is 6.92 Å². The molecule has 0 bridgehead atoms. The summed E-state index contributed by atoms with van der Waals surface area (Å²) in [5.41, 5.74) is 1.61. The number of aryl methyl sites for hydroxylation is 1. The number of nitro groups is 1. The van der Waals surface area contributed by atoms with E-state index in [1.165, 1.54) is 6.07 Å². The summed E-state index contributed by atoms with van der Waals surface area (Å²) in [5, 5.41) is 25.4. The van der Waals surface area contributed by atoms with Crippen LogP contribution in [-0.4, -0.2) is 25.0 Å². The number of anilines is 2. The van der Waals surface area contributed by atoms with Gasteiger partial charge in [-0.2, -0.15) is 5.10 Å². The average Bonchev–Trinajstić information content (AvgIpc) is 3.07. The first kappa shape index (κ1) is 12.1. The number of rotatable bonds is 4. The van der Waals surface area contributed by atoms with Gasteiger partial charge in [0.15, 0.2) is 5.52 Å². The minimum Gasteiger partial charge on any atom is -0.351 e. The van der Waals surface area contributed by atoms with E-state index >= 15 is 0 Å². The normalized spacial score (nSPS) is 10.8. The molecule has 2 aromatic heterocycles. The maximum atomic E-state index is 10.9. The highest BCUT2D eigenvalue weighted by atomic mass is 16.6. The van der Waals surface area contributed by atoms with Gasteiger partial charge in [0.25, 0.3) is 0 Å². The second kappa shape index (κ2) is 4.61. The third kappa shape index (κ3) is 1.94. The van der Waals surface area contributed by atoms with Gasteiger partial charge in [-0.25, -0.2) is 4.63 Å². The molecule has 9 heteroatoms. The minimum absolute atomic E-state index is 0.114. The van der Waals surface area contributed by atoms with E-state index < -0.39 is 4.92 Å². The van der Waals surface area contributed by atoms with E-state index in [0.717, 1.165) is 12.2 Å². The average molecular weight is 274 g/mol. The van der Waals surface area contributed by atoms with Gasteiger partial charge in [0.05, 0.1) is 22.5 Å². The maximum Gasteiger partial charge on any atom is 0.300 e. The van der Waals surface area contributed by atoms with Crippen LogP contribution in [0, 0.1) is 10.1 Å². The number of nitrogens with zero attached hydrogens (tertiary/aromatic N) is 5. The van der Waals surface area contributed by atoms with Gasteiger partial charge in [-0.05, 0) is 23.3 Å². The van der Waals surface area contributed by atoms with E-state index in [1.807, 2.05) is 13.1 Å². The third-order valence-corrected chi connectivity index (χ3v) is 2.83. The van der Waals surface area contributed by atoms with Crippen LogP contribution in [0.2, 0.25) is 0 Å². The van der Waals surface area contributed by atoms with Crippen molar-refractivity contribution in [1.82, 2.24) is 20.1 Å². The lowest BCUT2D eigenvalue weighted by molar-refractivity contribution is -0.383. The van der Waals surface area contributed by atoms with Crippen molar-refractivity contribution in [3.63, 3.8) is 0 Å². The standard InChI is InChI=1S/C11H10N6O3/c1-2-16-6-7(5-12-16)13-8-3-4-9(17(18)19)11-10(8)14-20-15-11/h3-6,13H,2H2,1H3. The van der Waals surface area contributed by atoms with Gasteiger partial charge < -0.3 is 5.32 Å². The Morgan fingerprint density at radius 1 is 1.40 bits per heavy atom. The Morgan fingerprint density at radius 3 is 2.90 bits per heavy atom. The van der Waals surface area contributed by atoms with Gasteiger partial charge in [0.1, 0.15) is 0 Å². The summed E-state index contributed by atoms with van der Waals surface area (Å²) in [6.07, 6.45) is 3.48. The first-order chi connectivity index (χ1) is 9.69.